The Morgan fingerprint density at radius 2 is 1.38 bits per heavy atom. The highest BCUT2D eigenvalue weighted by molar-refractivity contribution is 7.83. The van der Waals surface area contributed by atoms with Crippen molar-refractivity contribution in [3.8, 4) is 0 Å². The van der Waals surface area contributed by atoms with Crippen LogP contribution in [-0.4, -0.2) is 43.3 Å². The third kappa shape index (κ3) is 4.94. The predicted octanol–water partition coefficient (Wildman–Crippen LogP) is 3.50. The SMILES string of the molecule is Cc1cc(C(=S)N(CS)CS)ccc1C(=S)N(CS)CS. The molecule has 0 aliphatic carbocycles. The van der Waals surface area contributed by atoms with Crippen molar-refractivity contribution in [1.29, 1.82) is 0 Å². The smallest absolute Gasteiger partial charge is 0.110 e. The Balaban J connectivity index is 3.05. The molecule has 0 saturated carbocycles. The Morgan fingerprint density at radius 3 is 1.81 bits per heavy atom. The van der Waals surface area contributed by atoms with Gasteiger partial charge in [0.1, 0.15) is 9.98 Å². The summed E-state index contributed by atoms with van der Waals surface area (Å²) in [4.78, 5) is 5.30. The standard InChI is InChI=1S/C13H18N2S6/c1-9-4-10(12(20)14(5-16)6-17)2-3-11(9)13(21)15(7-18)8-19/h2-4,16-19H,5-8H2,1H3. The van der Waals surface area contributed by atoms with Crippen LogP contribution in [0.5, 0.6) is 0 Å². The Hall–Kier alpha value is 0.400. The van der Waals surface area contributed by atoms with Crippen molar-refractivity contribution in [2.45, 2.75) is 6.92 Å². The minimum atomic E-state index is 0.536. The molecule has 0 radical (unpaired) electrons. The van der Waals surface area contributed by atoms with E-state index in [1.807, 2.05) is 34.9 Å². The highest BCUT2D eigenvalue weighted by Crippen LogP contribution is 2.17. The van der Waals surface area contributed by atoms with Crippen molar-refractivity contribution < 1.29 is 0 Å². The Labute approximate surface area is 159 Å². The van der Waals surface area contributed by atoms with E-state index in [0.717, 1.165) is 26.7 Å². The normalized spacial score (nSPS) is 10.3. The molecular weight excluding hydrogens is 377 g/mol. The van der Waals surface area contributed by atoms with E-state index in [9.17, 15) is 0 Å². The van der Waals surface area contributed by atoms with Crippen molar-refractivity contribution in [3.63, 3.8) is 0 Å². The van der Waals surface area contributed by atoms with Gasteiger partial charge in [-0.2, -0.15) is 50.5 Å². The first-order valence-electron chi connectivity index (χ1n) is 6.12. The van der Waals surface area contributed by atoms with Gasteiger partial charge < -0.3 is 9.80 Å². The summed E-state index contributed by atoms with van der Waals surface area (Å²) in [7, 11) is 0. The molecule has 21 heavy (non-hydrogen) atoms. The zero-order valence-electron chi connectivity index (χ0n) is 11.6. The summed E-state index contributed by atoms with van der Waals surface area (Å²) < 4.78 is 0. The van der Waals surface area contributed by atoms with Gasteiger partial charge in [0.05, 0.1) is 23.5 Å². The number of thiocarbonyl (C=S) groups is 2. The molecule has 1 aromatic carbocycles. The lowest BCUT2D eigenvalue weighted by molar-refractivity contribution is 0.592. The van der Waals surface area contributed by atoms with E-state index >= 15 is 0 Å². The molecule has 0 aromatic heterocycles. The molecule has 0 fully saturated rings. The maximum atomic E-state index is 5.49. The fraction of sp³-hybridized carbons (Fsp3) is 0.385. The van der Waals surface area contributed by atoms with Crippen LogP contribution in [0.3, 0.4) is 0 Å². The molecule has 0 saturated heterocycles. The van der Waals surface area contributed by atoms with Crippen LogP contribution in [0.4, 0.5) is 0 Å². The second kappa shape index (κ2) is 9.52. The number of aryl methyl sites for hydroxylation is 1. The summed E-state index contributed by atoms with van der Waals surface area (Å²) in [6.45, 7) is 2.02. The lowest BCUT2D eigenvalue weighted by atomic mass is 10.0. The molecule has 1 aromatic rings. The summed E-state index contributed by atoms with van der Waals surface area (Å²) in [6, 6.07) is 6.01. The van der Waals surface area contributed by atoms with Crippen LogP contribution in [0.15, 0.2) is 18.2 Å². The van der Waals surface area contributed by atoms with E-state index < -0.39 is 0 Å². The highest BCUT2D eigenvalue weighted by atomic mass is 32.1. The molecule has 0 unspecified atom stereocenters. The average molecular weight is 395 g/mol. The summed E-state index contributed by atoms with van der Waals surface area (Å²) in [5.41, 5.74) is 3.05. The summed E-state index contributed by atoms with van der Waals surface area (Å²) in [6.07, 6.45) is 0. The van der Waals surface area contributed by atoms with Crippen LogP contribution in [0.2, 0.25) is 0 Å². The molecule has 116 valence electrons. The van der Waals surface area contributed by atoms with E-state index in [2.05, 4.69) is 50.5 Å². The summed E-state index contributed by atoms with van der Waals surface area (Å²) >= 11 is 28.0. The first-order chi connectivity index (χ1) is 9.99. The van der Waals surface area contributed by atoms with Gasteiger partial charge in [0.2, 0.25) is 0 Å². The van der Waals surface area contributed by atoms with Crippen molar-refractivity contribution in [1.82, 2.24) is 9.80 Å². The van der Waals surface area contributed by atoms with Gasteiger partial charge in [0, 0.05) is 11.1 Å². The Kier molecular flexibility index (Phi) is 8.82. The van der Waals surface area contributed by atoms with Crippen LogP contribution in [0.25, 0.3) is 0 Å². The first-order valence-corrected chi connectivity index (χ1v) is 9.47. The lowest BCUT2D eigenvalue weighted by Gasteiger charge is -2.24. The highest BCUT2D eigenvalue weighted by Gasteiger charge is 2.14. The molecular formula is C13H18N2S6. The fourth-order valence-electron chi connectivity index (χ4n) is 1.74. The van der Waals surface area contributed by atoms with Crippen molar-refractivity contribution in [2.75, 3.05) is 23.5 Å². The average Bonchev–Trinajstić information content (AvgIpc) is 2.49. The number of benzene rings is 1. The first kappa shape index (κ1) is 19.4. The van der Waals surface area contributed by atoms with Crippen molar-refractivity contribution in [3.05, 3.63) is 34.9 Å². The molecule has 0 amide bonds. The molecule has 0 bridgehead atoms. The molecule has 0 heterocycles. The second-order valence-electron chi connectivity index (χ2n) is 4.29. The Bertz CT molecular complexity index is 511. The number of hydrogen-bond acceptors (Lipinski definition) is 6. The van der Waals surface area contributed by atoms with Crippen LogP contribution >= 0.6 is 75.0 Å². The minimum Gasteiger partial charge on any atom is -0.344 e. The third-order valence-corrected chi connectivity index (χ3v) is 5.30. The van der Waals surface area contributed by atoms with Gasteiger partial charge in [-0.15, -0.1) is 0 Å². The van der Waals surface area contributed by atoms with Gasteiger partial charge in [-0.3, -0.25) is 0 Å². The molecule has 2 nitrogen and oxygen atoms in total. The number of thiol groups is 4. The quantitative estimate of drug-likeness (QED) is 0.333. The second-order valence-corrected chi connectivity index (χ2v) is 6.19. The molecule has 0 atom stereocenters. The molecule has 0 aliphatic heterocycles. The van der Waals surface area contributed by atoms with Crippen LogP contribution < -0.4 is 0 Å². The van der Waals surface area contributed by atoms with Gasteiger partial charge in [0.15, 0.2) is 0 Å². The zero-order chi connectivity index (χ0) is 16.0. The van der Waals surface area contributed by atoms with Crippen molar-refractivity contribution >= 4 is 84.9 Å². The number of rotatable bonds is 6. The maximum absolute atomic E-state index is 5.49. The van der Waals surface area contributed by atoms with E-state index in [1.165, 1.54) is 0 Å². The summed E-state index contributed by atoms with van der Waals surface area (Å²) in [5, 5.41) is 0. The summed E-state index contributed by atoms with van der Waals surface area (Å²) in [5.74, 6) is 2.15. The van der Waals surface area contributed by atoms with E-state index in [4.69, 9.17) is 24.4 Å². The Morgan fingerprint density at radius 1 is 0.905 bits per heavy atom. The monoisotopic (exact) mass is 394 g/mol. The van der Waals surface area contributed by atoms with E-state index in [1.54, 1.807) is 0 Å². The fourth-order valence-corrected chi connectivity index (χ4v) is 4.01. The molecule has 0 N–H and O–H groups in total. The predicted molar refractivity (Wildman–Crippen MR) is 114 cm³/mol. The molecule has 8 heteroatoms. The maximum Gasteiger partial charge on any atom is 0.110 e. The van der Waals surface area contributed by atoms with Crippen LogP contribution in [-0.2, 0) is 0 Å². The zero-order valence-corrected chi connectivity index (χ0v) is 16.8. The number of nitrogens with zero attached hydrogens (tertiary/aromatic N) is 2. The van der Waals surface area contributed by atoms with Crippen LogP contribution in [0, 0.1) is 6.92 Å². The van der Waals surface area contributed by atoms with Crippen molar-refractivity contribution in [2.24, 2.45) is 0 Å². The van der Waals surface area contributed by atoms with Crippen LogP contribution in [0.1, 0.15) is 16.7 Å². The van der Waals surface area contributed by atoms with Gasteiger partial charge in [-0.1, -0.05) is 36.6 Å². The van der Waals surface area contributed by atoms with E-state index in [0.29, 0.717) is 23.5 Å². The minimum absolute atomic E-state index is 0.536. The topological polar surface area (TPSA) is 6.48 Å². The van der Waals surface area contributed by atoms with Gasteiger partial charge in [0.25, 0.3) is 0 Å². The molecule has 0 aliphatic rings. The number of hydrogen-bond donors (Lipinski definition) is 4. The third-order valence-electron chi connectivity index (χ3n) is 2.96. The van der Waals surface area contributed by atoms with Gasteiger partial charge in [-0.05, 0) is 18.6 Å². The lowest BCUT2D eigenvalue weighted by Crippen LogP contribution is -2.29. The van der Waals surface area contributed by atoms with Gasteiger partial charge in [-0.25, -0.2) is 0 Å². The molecule has 1 rings (SSSR count). The van der Waals surface area contributed by atoms with E-state index in [-0.39, 0.29) is 0 Å². The molecule has 0 spiro atoms. The largest absolute Gasteiger partial charge is 0.344 e. The van der Waals surface area contributed by atoms with Gasteiger partial charge >= 0.3 is 0 Å².